The summed E-state index contributed by atoms with van der Waals surface area (Å²) in [4.78, 5) is 13.6. The zero-order valence-corrected chi connectivity index (χ0v) is 15.5. The molecular formula is C20H27N3O3. The number of rotatable bonds is 6. The molecule has 2 heterocycles. The first-order chi connectivity index (χ1) is 12.6. The third-order valence-corrected chi connectivity index (χ3v) is 4.90. The van der Waals surface area contributed by atoms with Gasteiger partial charge in [0.05, 0.1) is 17.8 Å². The summed E-state index contributed by atoms with van der Waals surface area (Å²) in [6.07, 6.45) is 7.01. The molecule has 140 valence electrons. The van der Waals surface area contributed by atoms with E-state index in [1.807, 2.05) is 10.9 Å². The highest BCUT2D eigenvalue weighted by molar-refractivity contribution is 5.83. The van der Waals surface area contributed by atoms with Crippen molar-refractivity contribution in [3.05, 3.63) is 36.0 Å². The van der Waals surface area contributed by atoms with E-state index in [-0.39, 0.29) is 23.4 Å². The van der Waals surface area contributed by atoms with Gasteiger partial charge in [-0.2, -0.15) is 5.10 Å². The summed E-state index contributed by atoms with van der Waals surface area (Å²) >= 11 is 0. The molecule has 1 atom stereocenters. The quantitative estimate of drug-likeness (QED) is 0.796. The number of carbonyl (C=O) groups excluding carboxylic acids is 1. The van der Waals surface area contributed by atoms with Crippen molar-refractivity contribution in [2.45, 2.75) is 51.6 Å². The van der Waals surface area contributed by atoms with Crippen molar-refractivity contribution in [3.63, 3.8) is 0 Å². The molecule has 6 nitrogen and oxygen atoms in total. The normalized spacial score (nSPS) is 18.0. The van der Waals surface area contributed by atoms with Crippen LogP contribution >= 0.6 is 0 Å². The molecule has 6 heteroatoms. The number of hydrogen-bond acceptors (Lipinski definition) is 5. The summed E-state index contributed by atoms with van der Waals surface area (Å²) in [5, 5.41) is 14.3. The second kappa shape index (κ2) is 8.25. The van der Waals surface area contributed by atoms with Crippen molar-refractivity contribution in [1.29, 1.82) is 0 Å². The standard InChI is InChI=1S/C20H27N3O3/c1-15(2)23-20(10-11-21-23)22-12-5-3-4-7-16(22)14-26-19-9-6-8-18(25)17(19)13-24/h6,8-11,13,15-16,25H,3-5,7,12,14H2,1-2H3. The van der Waals surface area contributed by atoms with Crippen LogP contribution in [0, 0.1) is 0 Å². The Morgan fingerprint density at radius 2 is 2.15 bits per heavy atom. The van der Waals surface area contributed by atoms with E-state index < -0.39 is 0 Å². The minimum absolute atomic E-state index is 0.0480. The fourth-order valence-electron chi connectivity index (χ4n) is 3.55. The molecule has 1 fully saturated rings. The lowest BCUT2D eigenvalue weighted by molar-refractivity contribution is 0.111. The van der Waals surface area contributed by atoms with Crippen LogP contribution in [0.5, 0.6) is 11.5 Å². The molecule has 1 aliphatic rings. The molecule has 0 saturated carbocycles. The summed E-state index contributed by atoms with van der Waals surface area (Å²) in [6, 6.07) is 7.46. The predicted molar refractivity (Wildman–Crippen MR) is 101 cm³/mol. The first-order valence-corrected chi connectivity index (χ1v) is 9.32. The van der Waals surface area contributed by atoms with Gasteiger partial charge in [-0.05, 0) is 38.8 Å². The first-order valence-electron chi connectivity index (χ1n) is 9.32. The second-order valence-corrected chi connectivity index (χ2v) is 7.04. The molecule has 0 spiro atoms. The van der Waals surface area contributed by atoms with Crippen LogP contribution < -0.4 is 9.64 Å². The van der Waals surface area contributed by atoms with Crippen LogP contribution in [-0.4, -0.2) is 40.4 Å². The molecule has 3 rings (SSSR count). The van der Waals surface area contributed by atoms with Crippen LogP contribution in [0.4, 0.5) is 5.82 Å². The van der Waals surface area contributed by atoms with Gasteiger partial charge in [-0.25, -0.2) is 4.68 Å². The van der Waals surface area contributed by atoms with Gasteiger partial charge in [-0.15, -0.1) is 0 Å². The zero-order valence-electron chi connectivity index (χ0n) is 15.5. The number of aromatic hydroxyl groups is 1. The van der Waals surface area contributed by atoms with Gasteiger partial charge in [-0.3, -0.25) is 4.79 Å². The fourth-order valence-corrected chi connectivity index (χ4v) is 3.55. The monoisotopic (exact) mass is 357 g/mol. The molecule has 2 aromatic rings. The van der Waals surface area contributed by atoms with E-state index in [4.69, 9.17) is 4.74 Å². The van der Waals surface area contributed by atoms with E-state index in [0.29, 0.717) is 18.6 Å². The molecule has 1 aliphatic heterocycles. The van der Waals surface area contributed by atoms with Gasteiger partial charge < -0.3 is 14.7 Å². The van der Waals surface area contributed by atoms with Crippen molar-refractivity contribution < 1.29 is 14.6 Å². The molecule has 1 N–H and O–H groups in total. The maximum Gasteiger partial charge on any atom is 0.157 e. The van der Waals surface area contributed by atoms with E-state index >= 15 is 0 Å². The van der Waals surface area contributed by atoms with Gasteiger partial charge in [0, 0.05) is 18.7 Å². The lowest BCUT2D eigenvalue weighted by Gasteiger charge is -2.32. The Labute approximate surface area is 154 Å². The summed E-state index contributed by atoms with van der Waals surface area (Å²) < 4.78 is 8.02. The number of benzene rings is 1. The van der Waals surface area contributed by atoms with E-state index in [1.54, 1.807) is 12.1 Å². The summed E-state index contributed by atoms with van der Waals surface area (Å²) in [5.74, 6) is 1.50. The molecule has 0 amide bonds. The van der Waals surface area contributed by atoms with Crippen molar-refractivity contribution in [2.24, 2.45) is 0 Å². The van der Waals surface area contributed by atoms with Crippen LogP contribution in [0.3, 0.4) is 0 Å². The SMILES string of the molecule is CC(C)n1nccc1N1CCCCCC1COc1cccc(O)c1C=O. The van der Waals surface area contributed by atoms with Gasteiger partial charge in [0.1, 0.15) is 23.9 Å². The Hall–Kier alpha value is -2.50. The Kier molecular flexibility index (Phi) is 5.81. The average Bonchev–Trinajstić information content (AvgIpc) is 3.00. The third kappa shape index (κ3) is 3.84. The molecule has 0 radical (unpaired) electrons. The smallest absolute Gasteiger partial charge is 0.157 e. The molecule has 26 heavy (non-hydrogen) atoms. The number of aromatic nitrogens is 2. The highest BCUT2D eigenvalue weighted by Gasteiger charge is 2.25. The average molecular weight is 357 g/mol. The maximum absolute atomic E-state index is 11.3. The van der Waals surface area contributed by atoms with Crippen molar-refractivity contribution in [3.8, 4) is 11.5 Å². The number of aldehydes is 1. The van der Waals surface area contributed by atoms with Crippen molar-refractivity contribution in [1.82, 2.24) is 9.78 Å². The summed E-state index contributed by atoms with van der Waals surface area (Å²) in [7, 11) is 0. The van der Waals surface area contributed by atoms with E-state index in [2.05, 4.69) is 29.9 Å². The highest BCUT2D eigenvalue weighted by Crippen LogP contribution is 2.29. The Balaban J connectivity index is 1.81. The van der Waals surface area contributed by atoms with Gasteiger partial charge in [0.15, 0.2) is 6.29 Å². The minimum Gasteiger partial charge on any atom is -0.507 e. The van der Waals surface area contributed by atoms with Gasteiger partial charge in [0.25, 0.3) is 0 Å². The van der Waals surface area contributed by atoms with Gasteiger partial charge >= 0.3 is 0 Å². The number of ether oxygens (including phenoxy) is 1. The summed E-state index contributed by atoms with van der Waals surface area (Å²) in [5.41, 5.74) is 0.208. The van der Waals surface area contributed by atoms with Gasteiger partial charge in [-0.1, -0.05) is 18.9 Å². The molecular weight excluding hydrogens is 330 g/mol. The number of carbonyl (C=O) groups is 1. The van der Waals surface area contributed by atoms with Crippen molar-refractivity contribution >= 4 is 12.1 Å². The van der Waals surface area contributed by atoms with Crippen LogP contribution in [-0.2, 0) is 0 Å². The lowest BCUT2D eigenvalue weighted by Crippen LogP contribution is -2.40. The van der Waals surface area contributed by atoms with Crippen molar-refractivity contribution in [2.75, 3.05) is 18.1 Å². The van der Waals surface area contributed by atoms with Crippen LogP contribution in [0.1, 0.15) is 55.9 Å². The summed E-state index contributed by atoms with van der Waals surface area (Å²) in [6.45, 7) is 5.69. The minimum atomic E-state index is -0.0480. The molecule has 1 aromatic carbocycles. The van der Waals surface area contributed by atoms with Gasteiger partial charge in [0.2, 0.25) is 0 Å². The molecule has 1 unspecified atom stereocenters. The Morgan fingerprint density at radius 3 is 2.92 bits per heavy atom. The van der Waals surface area contributed by atoms with E-state index in [0.717, 1.165) is 31.6 Å². The number of anilines is 1. The Bertz CT molecular complexity index is 742. The molecule has 1 aromatic heterocycles. The highest BCUT2D eigenvalue weighted by atomic mass is 16.5. The Morgan fingerprint density at radius 1 is 1.31 bits per heavy atom. The number of phenolic OH excluding ortho intramolecular Hbond substituents is 1. The zero-order chi connectivity index (χ0) is 18.5. The van der Waals surface area contributed by atoms with E-state index in [1.165, 1.54) is 12.5 Å². The first kappa shape index (κ1) is 18.3. The molecule has 1 saturated heterocycles. The fraction of sp³-hybridized carbons (Fsp3) is 0.500. The lowest BCUT2D eigenvalue weighted by atomic mass is 10.1. The molecule has 0 aliphatic carbocycles. The second-order valence-electron chi connectivity index (χ2n) is 7.04. The number of nitrogens with zero attached hydrogens (tertiary/aromatic N) is 3. The maximum atomic E-state index is 11.3. The van der Waals surface area contributed by atoms with Crippen LogP contribution in [0.15, 0.2) is 30.5 Å². The number of phenols is 1. The number of hydrogen-bond donors (Lipinski definition) is 1. The molecule has 0 bridgehead atoms. The predicted octanol–water partition coefficient (Wildman–Crippen LogP) is 3.81. The topological polar surface area (TPSA) is 67.6 Å². The van der Waals surface area contributed by atoms with Crippen LogP contribution in [0.25, 0.3) is 0 Å². The van der Waals surface area contributed by atoms with Crippen LogP contribution in [0.2, 0.25) is 0 Å². The largest absolute Gasteiger partial charge is 0.507 e. The third-order valence-electron chi connectivity index (χ3n) is 4.90. The van der Waals surface area contributed by atoms with E-state index in [9.17, 15) is 9.90 Å².